The molecular formula is C20H25NO3. The summed E-state index contributed by atoms with van der Waals surface area (Å²) >= 11 is 0. The number of carbonyl (C=O) groups is 1. The zero-order valence-electron chi connectivity index (χ0n) is 14.5. The maximum atomic E-state index is 11.1. The smallest absolute Gasteiger partial charge is 0.309 e. The van der Waals surface area contributed by atoms with Gasteiger partial charge in [0.25, 0.3) is 0 Å². The molecule has 128 valence electrons. The highest BCUT2D eigenvalue weighted by Gasteiger charge is 2.26. The normalized spacial score (nSPS) is 11.3. The van der Waals surface area contributed by atoms with E-state index in [4.69, 9.17) is 9.84 Å². The molecule has 0 unspecified atom stereocenters. The summed E-state index contributed by atoms with van der Waals surface area (Å²) < 4.78 is 5.44. The molecule has 0 bridgehead atoms. The largest absolute Gasteiger partial charge is 0.496 e. The van der Waals surface area contributed by atoms with Gasteiger partial charge >= 0.3 is 5.97 Å². The molecule has 0 aliphatic rings. The summed E-state index contributed by atoms with van der Waals surface area (Å²) in [5, 5.41) is 12.5. The standard InChI is InChI=1S/C20H25NO3/c1-20(2,19(22)23)11-12-21-14-17-13-16(9-10-18(17)24-3)15-7-5-4-6-8-15/h4-10,13,21H,11-12,14H2,1-3H3,(H,22,23). The Labute approximate surface area is 143 Å². The van der Waals surface area contributed by atoms with Crippen molar-refractivity contribution in [2.24, 2.45) is 5.41 Å². The van der Waals surface area contributed by atoms with Gasteiger partial charge < -0.3 is 15.2 Å². The van der Waals surface area contributed by atoms with E-state index >= 15 is 0 Å². The zero-order chi connectivity index (χ0) is 17.6. The number of methoxy groups -OCH3 is 1. The van der Waals surface area contributed by atoms with Crippen molar-refractivity contribution in [1.82, 2.24) is 5.32 Å². The molecule has 0 saturated heterocycles. The van der Waals surface area contributed by atoms with Crippen molar-refractivity contribution in [2.75, 3.05) is 13.7 Å². The lowest BCUT2D eigenvalue weighted by atomic mass is 9.90. The van der Waals surface area contributed by atoms with Crippen molar-refractivity contribution >= 4 is 5.97 Å². The van der Waals surface area contributed by atoms with E-state index in [1.165, 1.54) is 0 Å². The second kappa shape index (κ2) is 7.97. The SMILES string of the molecule is COc1ccc(-c2ccccc2)cc1CNCCC(C)(C)C(=O)O. The molecule has 0 atom stereocenters. The summed E-state index contributed by atoms with van der Waals surface area (Å²) in [6, 6.07) is 16.3. The lowest BCUT2D eigenvalue weighted by molar-refractivity contribution is -0.147. The molecule has 0 fully saturated rings. The number of hydrogen-bond donors (Lipinski definition) is 2. The highest BCUT2D eigenvalue weighted by atomic mass is 16.5. The van der Waals surface area contributed by atoms with Gasteiger partial charge in [-0.2, -0.15) is 0 Å². The van der Waals surface area contributed by atoms with E-state index in [0.29, 0.717) is 19.5 Å². The Morgan fingerprint density at radius 1 is 1.12 bits per heavy atom. The van der Waals surface area contributed by atoms with Crippen molar-refractivity contribution in [1.29, 1.82) is 0 Å². The van der Waals surface area contributed by atoms with Crippen LogP contribution in [0.25, 0.3) is 11.1 Å². The monoisotopic (exact) mass is 327 g/mol. The van der Waals surface area contributed by atoms with E-state index in [1.807, 2.05) is 30.3 Å². The van der Waals surface area contributed by atoms with E-state index in [9.17, 15) is 4.79 Å². The third-order valence-corrected chi connectivity index (χ3v) is 4.21. The van der Waals surface area contributed by atoms with Crippen LogP contribution in [0, 0.1) is 5.41 Å². The molecule has 2 aromatic carbocycles. The molecule has 0 aliphatic heterocycles. The third-order valence-electron chi connectivity index (χ3n) is 4.21. The molecule has 2 N–H and O–H groups in total. The molecule has 0 aliphatic carbocycles. The fourth-order valence-corrected chi connectivity index (χ4v) is 2.46. The van der Waals surface area contributed by atoms with Gasteiger partial charge in [0.15, 0.2) is 0 Å². The molecular weight excluding hydrogens is 302 g/mol. The highest BCUT2D eigenvalue weighted by Crippen LogP contribution is 2.26. The number of carboxylic acid groups (broad SMARTS) is 1. The summed E-state index contributed by atoms with van der Waals surface area (Å²) in [4.78, 5) is 11.1. The summed E-state index contributed by atoms with van der Waals surface area (Å²) in [6.45, 7) is 4.76. The van der Waals surface area contributed by atoms with E-state index < -0.39 is 11.4 Å². The summed E-state index contributed by atoms with van der Waals surface area (Å²) in [5.41, 5.74) is 2.64. The number of nitrogens with one attached hydrogen (secondary N) is 1. The van der Waals surface area contributed by atoms with E-state index in [1.54, 1.807) is 21.0 Å². The van der Waals surface area contributed by atoms with E-state index in [2.05, 4.69) is 23.5 Å². The summed E-state index contributed by atoms with van der Waals surface area (Å²) in [5.74, 6) is 0.0626. The van der Waals surface area contributed by atoms with Gasteiger partial charge in [-0.15, -0.1) is 0 Å². The number of hydrogen-bond acceptors (Lipinski definition) is 3. The first-order valence-corrected chi connectivity index (χ1v) is 8.10. The Morgan fingerprint density at radius 2 is 1.83 bits per heavy atom. The fourth-order valence-electron chi connectivity index (χ4n) is 2.46. The van der Waals surface area contributed by atoms with Gasteiger partial charge in [-0.3, -0.25) is 4.79 Å². The third kappa shape index (κ3) is 4.59. The molecule has 24 heavy (non-hydrogen) atoms. The predicted molar refractivity (Wildman–Crippen MR) is 96.2 cm³/mol. The van der Waals surface area contributed by atoms with Crippen LogP contribution in [0.15, 0.2) is 48.5 Å². The second-order valence-electron chi connectivity index (χ2n) is 6.51. The predicted octanol–water partition coefficient (Wildman–Crippen LogP) is 3.95. The van der Waals surface area contributed by atoms with Crippen molar-refractivity contribution in [2.45, 2.75) is 26.8 Å². The minimum absolute atomic E-state index is 0.572. The average molecular weight is 327 g/mol. The number of rotatable bonds is 8. The average Bonchev–Trinajstić information content (AvgIpc) is 2.59. The number of benzene rings is 2. The van der Waals surface area contributed by atoms with Gasteiger partial charge in [0.2, 0.25) is 0 Å². The molecule has 4 heteroatoms. The van der Waals surface area contributed by atoms with E-state index in [0.717, 1.165) is 22.4 Å². The van der Waals surface area contributed by atoms with Crippen molar-refractivity contribution in [3.05, 3.63) is 54.1 Å². The number of aliphatic carboxylic acids is 1. The Kier molecular flexibility index (Phi) is 5.99. The van der Waals surface area contributed by atoms with Gasteiger partial charge in [-0.25, -0.2) is 0 Å². The van der Waals surface area contributed by atoms with Crippen molar-refractivity contribution in [3.8, 4) is 16.9 Å². The minimum atomic E-state index is -0.770. The molecule has 4 nitrogen and oxygen atoms in total. The van der Waals surface area contributed by atoms with Crippen LogP contribution in [0.1, 0.15) is 25.8 Å². The summed E-state index contributed by atoms with van der Waals surface area (Å²) in [6.07, 6.45) is 0.572. The molecule has 0 radical (unpaired) electrons. The molecule has 2 aromatic rings. The first kappa shape index (κ1) is 18.0. The van der Waals surface area contributed by atoms with Gasteiger partial charge in [-0.05, 0) is 50.1 Å². The Hall–Kier alpha value is -2.33. The van der Waals surface area contributed by atoms with Crippen LogP contribution < -0.4 is 10.1 Å². The highest BCUT2D eigenvalue weighted by molar-refractivity contribution is 5.73. The van der Waals surface area contributed by atoms with Gasteiger partial charge in [0, 0.05) is 12.1 Å². The Morgan fingerprint density at radius 3 is 2.46 bits per heavy atom. The maximum Gasteiger partial charge on any atom is 0.309 e. The van der Waals surface area contributed by atoms with Gasteiger partial charge in [-0.1, -0.05) is 36.4 Å². The quantitative estimate of drug-likeness (QED) is 0.721. The first-order valence-electron chi connectivity index (χ1n) is 8.10. The zero-order valence-corrected chi connectivity index (χ0v) is 14.5. The van der Waals surface area contributed by atoms with Crippen molar-refractivity contribution < 1.29 is 14.6 Å². The Bertz CT molecular complexity index is 681. The lowest BCUT2D eigenvalue weighted by Gasteiger charge is -2.19. The van der Waals surface area contributed by atoms with Gasteiger partial charge in [0.05, 0.1) is 12.5 Å². The van der Waals surface area contributed by atoms with Crippen LogP contribution in [-0.2, 0) is 11.3 Å². The van der Waals surface area contributed by atoms with Gasteiger partial charge in [0.1, 0.15) is 5.75 Å². The van der Waals surface area contributed by atoms with Crippen LogP contribution in [0.4, 0.5) is 0 Å². The topological polar surface area (TPSA) is 58.6 Å². The van der Waals surface area contributed by atoms with E-state index in [-0.39, 0.29) is 0 Å². The van der Waals surface area contributed by atoms with Crippen molar-refractivity contribution in [3.63, 3.8) is 0 Å². The number of carboxylic acids is 1. The summed E-state index contributed by atoms with van der Waals surface area (Å²) in [7, 11) is 1.66. The molecule has 0 spiro atoms. The second-order valence-corrected chi connectivity index (χ2v) is 6.51. The minimum Gasteiger partial charge on any atom is -0.496 e. The first-order chi connectivity index (χ1) is 11.4. The molecule has 0 saturated carbocycles. The lowest BCUT2D eigenvalue weighted by Crippen LogP contribution is -2.28. The van der Waals surface area contributed by atoms with Crippen LogP contribution in [-0.4, -0.2) is 24.7 Å². The molecule has 0 amide bonds. The maximum absolute atomic E-state index is 11.1. The van der Waals surface area contributed by atoms with Crippen LogP contribution >= 0.6 is 0 Å². The van der Waals surface area contributed by atoms with Crippen LogP contribution in [0.2, 0.25) is 0 Å². The molecule has 0 heterocycles. The Balaban J connectivity index is 2.05. The molecule has 0 aromatic heterocycles. The van der Waals surface area contributed by atoms with Crippen LogP contribution in [0.5, 0.6) is 5.75 Å². The number of ether oxygens (including phenoxy) is 1. The fraction of sp³-hybridized carbons (Fsp3) is 0.350. The molecule has 2 rings (SSSR count). The van der Waals surface area contributed by atoms with Crippen LogP contribution in [0.3, 0.4) is 0 Å².